The van der Waals surface area contributed by atoms with Crippen molar-refractivity contribution in [3.63, 3.8) is 0 Å². The zero-order valence-electron chi connectivity index (χ0n) is 11.8. The summed E-state index contributed by atoms with van der Waals surface area (Å²) in [6.07, 6.45) is 1.08. The molecule has 3 rings (SSSR count). The molecule has 112 valence electrons. The first-order valence-corrected chi connectivity index (χ1v) is 7.14. The molecule has 2 aliphatic rings. The summed E-state index contributed by atoms with van der Waals surface area (Å²) in [5, 5.41) is 2.85. The van der Waals surface area contributed by atoms with Gasteiger partial charge in [0.1, 0.15) is 5.54 Å². The molecule has 2 saturated heterocycles. The third-order valence-corrected chi connectivity index (χ3v) is 4.16. The Bertz CT molecular complexity index is 567. The van der Waals surface area contributed by atoms with Gasteiger partial charge in [-0.05, 0) is 11.1 Å². The molecule has 0 atom stereocenters. The Labute approximate surface area is 123 Å². The number of imide groups is 1. The monoisotopic (exact) mass is 289 g/mol. The van der Waals surface area contributed by atoms with Crippen molar-refractivity contribution in [1.29, 1.82) is 0 Å². The second kappa shape index (κ2) is 5.46. The van der Waals surface area contributed by atoms with Gasteiger partial charge >= 0.3 is 6.03 Å². The predicted octanol–water partition coefficient (Wildman–Crippen LogP) is 0.746. The summed E-state index contributed by atoms with van der Waals surface area (Å²) in [6.45, 7) is 1.72. The van der Waals surface area contributed by atoms with Crippen LogP contribution in [-0.4, -0.2) is 35.6 Å². The maximum absolute atomic E-state index is 12.6. The number of urea groups is 1. The first kappa shape index (κ1) is 14.0. The summed E-state index contributed by atoms with van der Waals surface area (Å²) in [6, 6.07) is 7.32. The fourth-order valence-corrected chi connectivity index (χ4v) is 2.92. The molecular weight excluding hydrogens is 270 g/mol. The molecule has 0 unspecified atom stereocenters. The third kappa shape index (κ3) is 2.52. The number of ether oxygens (including phenoxy) is 1. The van der Waals surface area contributed by atoms with Gasteiger partial charge in [-0.3, -0.25) is 9.69 Å². The van der Waals surface area contributed by atoms with Gasteiger partial charge < -0.3 is 15.8 Å². The minimum atomic E-state index is -0.763. The van der Waals surface area contributed by atoms with Crippen molar-refractivity contribution in [2.24, 2.45) is 5.73 Å². The molecule has 1 aromatic carbocycles. The van der Waals surface area contributed by atoms with Crippen LogP contribution in [0.4, 0.5) is 4.79 Å². The number of nitrogens with two attached hydrogens (primary N) is 1. The first-order chi connectivity index (χ1) is 10.1. The molecule has 21 heavy (non-hydrogen) atoms. The lowest BCUT2D eigenvalue weighted by Gasteiger charge is -2.30. The molecule has 2 heterocycles. The summed E-state index contributed by atoms with van der Waals surface area (Å²) in [5.41, 5.74) is 6.75. The van der Waals surface area contributed by atoms with Crippen molar-refractivity contribution in [3.8, 4) is 0 Å². The van der Waals surface area contributed by atoms with Crippen LogP contribution >= 0.6 is 0 Å². The summed E-state index contributed by atoms with van der Waals surface area (Å²) < 4.78 is 5.29. The number of carbonyl (C=O) groups is 2. The quantitative estimate of drug-likeness (QED) is 0.804. The maximum atomic E-state index is 12.6. The number of hydrogen-bond acceptors (Lipinski definition) is 4. The van der Waals surface area contributed by atoms with Gasteiger partial charge in [-0.15, -0.1) is 0 Å². The molecule has 0 aromatic heterocycles. The lowest BCUT2D eigenvalue weighted by atomic mass is 9.90. The Morgan fingerprint density at radius 2 is 1.95 bits per heavy atom. The van der Waals surface area contributed by atoms with Crippen molar-refractivity contribution < 1.29 is 14.3 Å². The number of nitrogens with one attached hydrogen (secondary N) is 1. The number of benzene rings is 1. The molecule has 0 saturated carbocycles. The van der Waals surface area contributed by atoms with E-state index in [0.717, 1.165) is 11.1 Å². The van der Waals surface area contributed by atoms with Gasteiger partial charge in [0.2, 0.25) is 0 Å². The van der Waals surface area contributed by atoms with E-state index in [-0.39, 0.29) is 18.5 Å². The molecule has 0 aliphatic carbocycles. The van der Waals surface area contributed by atoms with Crippen LogP contribution in [0, 0.1) is 0 Å². The van der Waals surface area contributed by atoms with E-state index in [1.807, 2.05) is 24.3 Å². The van der Waals surface area contributed by atoms with Gasteiger partial charge in [0.15, 0.2) is 0 Å². The summed E-state index contributed by atoms with van der Waals surface area (Å²) in [7, 11) is 0. The number of amides is 3. The molecule has 0 bridgehead atoms. The molecule has 0 radical (unpaired) electrons. The molecule has 3 amide bonds. The molecule has 6 nitrogen and oxygen atoms in total. The number of rotatable bonds is 3. The van der Waals surface area contributed by atoms with Crippen LogP contribution in [0.1, 0.15) is 24.0 Å². The van der Waals surface area contributed by atoms with Gasteiger partial charge in [0.25, 0.3) is 5.91 Å². The predicted molar refractivity (Wildman–Crippen MR) is 76.2 cm³/mol. The minimum absolute atomic E-state index is 0.144. The Morgan fingerprint density at radius 1 is 1.24 bits per heavy atom. The summed E-state index contributed by atoms with van der Waals surface area (Å²) in [4.78, 5) is 26.1. The van der Waals surface area contributed by atoms with E-state index in [9.17, 15) is 9.59 Å². The number of carbonyl (C=O) groups excluding carboxylic acids is 2. The maximum Gasteiger partial charge on any atom is 0.325 e. The van der Waals surface area contributed by atoms with Crippen LogP contribution in [0.3, 0.4) is 0 Å². The number of hydrogen-bond donors (Lipinski definition) is 2. The van der Waals surface area contributed by atoms with E-state index >= 15 is 0 Å². The van der Waals surface area contributed by atoms with Crippen molar-refractivity contribution in [3.05, 3.63) is 35.4 Å². The summed E-state index contributed by atoms with van der Waals surface area (Å²) in [5.74, 6) is -0.144. The second-order valence-electron chi connectivity index (χ2n) is 5.54. The Balaban J connectivity index is 1.79. The van der Waals surface area contributed by atoms with E-state index in [1.165, 1.54) is 4.90 Å². The summed E-state index contributed by atoms with van der Waals surface area (Å²) >= 11 is 0. The fraction of sp³-hybridized carbons (Fsp3) is 0.467. The Kier molecular flexibility index (Phi) is 3.65. The van der Waals surface area contributed by atoms with E-state index < -0.39 is 5.54 Å². The lowest BCUT2D eigenvalue weighted by molar-refractivity contribution is -0.134. The van der Waals surface area contributed by atoms with Gasteiger partial charge in [-0.2, -0.15) is 0 Å². The van der Waals surface area contributed by atoms with Crippen LogP contribution in [0.15, 0.2) is 24.3 Å². The average Bonchev–Trinajstić information content (AvgIpc) is 2.73. The highest BCUT2D eigenvalue weighted by molar-refractivity contribution is 6.07. The highest BCUT2D eigenvalue weighted by Crippen LogP contribution is 2.29. The van der Waals surface area contributed by atoms with Crippen LogP contribution in [0.2, 0.25) is 0 Å². The van der Waals surface area contributed by atoms with Crippen LogP contribution in [-0.2, 0) is 22.6 Å². The van der Waals surface area contributed by atoms with Gasteiger partial charge in [-0.25, -0.2) is 4.79 Å². The standard InChI is InChI=1S/C15H19N3O3/c16-9-11-2-1-3-12(8-11)10-18-13(19)15(17-14(18)20)4-6-21-7-5-15/h1-3,8H,4-7,9-10,16H2,(H,17,20). The van der Waals surface area contributed by atoms with E-state index in [2.05, 4.69) is 5.32 Å². The van der Waals surface area contributed by atoms with Gasteiger partial charge in [0, 0.05) is 32.6 Å². The van der Waals surface area contributed by atoms with Crippen molar-refractivity contribution in [2.75, 3.05) is 13.2 Å². The number of nitrogens with zero attached hydrogens (tertiary/aromatic N) is 1. The van der Waals surface area contributed by atoms with Crippen molar-refractivity contribution in [1.82, 2.24) is 10.2 Å². The zero-order chi connectivity index (χ0) is 14.9. The molecule has 6 heteroatoms. The lowest BCUT2D eigenvalue weighted by Crippen LogP contribution is -2.51. The van der Waals surface area contributed by atoms with Crippen molar-refractivity contribution in [2.45, 2.75) is 31.5 Å². The van der Waals surface area contributed by atoms with Crippen LogP contribution in [0.5, 0.6) is 0 Å². The zero-order valence-corrected chi connectivity index (χ0v) is 11.8. The highest BCUT2D eigenvalue weighted by Gasteiger charge is 2.51. The van der Waals surface area contributed by atoms with E-state index in [4.69, 9.17) is 10.5 Å². The van der Waals surface area contributed by atoms with Gasteiger partial charge in [0.05, 0.1) is 6.54 Å². The topological polar surface area (TPSA) is 84.7 Å². The minimum Gasteiger partial charge on any atom is -0.381 e. The molecule has 1 spiro atoms. The second-order valence-corrected chi connectivity index (χ2v) is 5.54. The molecule has 2 fully saturated rings. The highest BCUT2D eigenvalue weighted by atomic mass is 16.5. The normalized spacial score (nSPS) is 20.9. The van der Waals surface area contributed by atoms with E-state index in [0.29, 0.717) is 32.6 Å². The molecular formula is C15H19N3O3. The SMILES string of the molecule is NCc1cccc(CN2C(=O)NC3(CCOCC3)C2=O)c1. The largest absolute Gasteiger partial charge is 0.381 e. The van der Waals surface area contributed by atoms with Crippen molar-refractivity contribution >= 4 is 11.9 Å². The third-order valence-electron chi connectivity index (χ3n) is 4.16. The first-order valence-electron chi connectivity index (χ1n) is 7.14. The Morgan fingerprint density at radius 3 is 2.67 bits per heavy atom. The van der Waals surface area contributed by atoms with E-state index in [1.54, 1.807) is 0 Å². The Hall–Kier alpha value is -1.92. The molecule has 3 N–H and O–H groups in total. The van der Waals surface area contributed by atoms with Gasteiger partial charge in [-0.1, -0.05) is 24.3 Å². The molecule has 1 aromatic rings. The average molecular weight is 289 g/mol. The smallest absolute Gasteiger partial charge is 0.325 e. The molecule has 2 aliphatic heterocycles. The fourth-order valence-electron chi connectivity index (χ4n) is 2.92. The van der Waals surface area contributed by atoms with Crippen LogP contribution < -0.4 is 11.1 Å². The van der Waals surface area contributed by atoms with Crippen LogP contribution in [0.25, 0.3) is 0 Å².